The number of carbonyl (C=O) groups is 1. The summed E-state index contributed by atoms with van der Waals surface area (Å²) in [6.45, 7) is 3.94. The van der Waals surface area contributed by atoms with E-state index in [0.717, 1.165) is 0 Å². The van der Waals surface area contributed by atoms with E-state index in [9.17, 15) is 9.90 Å². The predicted molar refractivity (Wildman–Crippen MR) is 68.6 cm³/mol. The van der Waals surface area contributed by atoms with Gasteiger partial charge >= 0.3 is 0 Å². The molecule has 0 radical (unpaired) electrons. The molecule has 1 amide bonds. The normalized spacial score (nSPS) is 21.8. The number of benzene rings is 1. The van der Waals surface area contributed by atoms with E-state index in [1.807, 2.05) is 6.07 Å². The Kier molecular flexibility index (Phi) is 3.99. The summed E-state index contributed by atoms with van der Waals surface area (Å²) in [5, 5.41) is 12.1. The zero-order valence-corrected chi connectivity index (χ0v) is 10.1. The molecule has 18 heavy (non-hydrogen) atoms. The second kappa shape index (κ2) is 5.69. The molecule has 0 bridgehead atoms. The topological polar surface area (TPSA) is 58.6 Å². The lowest BCUT2D eigenvalue weighted by molar-refractivity contribution is 0.0561. The van der Waals surface area contributed by atoms with Gasteiger partial charge in [0, 0.05) is 6.04 Å². The van der Waals surface area contributed by atoms with Gasteiger partial charge in [0.1, 0.15) is 12.4 Å². The molecule has 2 N–H and O–H groups in total. The van der Waals surface area contributed by atoms with E-state index in [-0.39, 0.29) is 18.1 Å². The van der Waals surface area contributed by atoms with Crippen LogP contribution in [0.25, 0.3) is 0 Å². The molecule has 1 aliphatic rings. The maximum atomic E-state index is 12.0. The highest BCUT2D eigenvalue weighted by Crippen LogP contribution is 2.22. The number of carbonyl (C=O) groups excluding carboxylic acids is 1. The Morgan fingerprint density at radius 1 is 1.50 bits per heavy atom. The fourth-order valence-electron chi connectivity index (χ4n) is 1.90. The van der Waals surface area contributed by atoms with Crippen molar-refractivity contribution in [2.45, 2.75) is 25.0 Å². The number of aliphatic hydroxyl groups is 1. The highest BCUT2D eigenvalue weighted by atomic mass is 16.5. The highest BCUT2D eigenvalue weighted by Gasteiger charge is 2.29. The van der Waals surface area contributed by atoms with E-state index in [0.29, 0.717) is 30.8 Å². The van der Waals surface area contributed by atoms with E-state index >= 15 is 0 Å². The van der Waals surface area contributed by atoms with Crippen LogP contribution in [0.4, 0.5) is 0 Å². The first-order chi connectivity index (χ1) is 8.70. The van der Waals surface area contributed by atoms with Gasteiger partial charge in [0.2, 0.25) is 0 Å². The number of nitrogens with one attached hydrogen (secondary N) is 1. The maximum Gasteiger partial charge on any atom is 0.255 e. The minimum absolute atomic E-state index is 0.0694. The molecule has 1 aromatic rings. The second-order valence-electron chi connectivity index (χ2n) is 4.39. The molecule has 2 rings (SSSR count). The average Bonchev–Trinajstić information content (AvgIpc) is 2.34. The van der Waals surface area contributed by atoms with E-state index in [1.165, 1.54) is 0 Å². The molecule has 0 aliphatic heterocycles. The van der Waals surface area contributed by atoms with Gasteiger partial charge in [-0.15, -0.1) is 0 Å². The van der Waals surface area contributed by atoms with Gasteiger partial charge in [-0.1, -0.05) is 24.8 Å². The van der Waals surface area contributed by atoms with Crippen molar-refractivity contribution in [3.63, 3.8) is 0 Å². The molecule has 1 saturated carbocycles. The summed E-state index contributed by atoms with van der Waals surface area (Å²) in [6.07, 6.45) is 2.61. The first kappa shape index (κ1) is 12.6. The summed E-state index contributed by atoms with van der Waals surface area (Å²) >= 11 is 0. The highest BCUT2D eigenvalue weighted by molar-refractivity contribution is 5.97. The number of para-hydroxylation sites is 1. The molecule has 0 unspecified atom stereocenters. The third-order valence-electron chi connectivity index (χ3n) is 2.94. The first-order valence-electron chi connectivity index (χ1n) is 6.02. The molecule has 1 aliphatic carbocycles. The molecule has 0 spiro atoms. The molecule has 1 aromatic carbocycles. The van der Waals surface area contributed by atoms with Gasteiger partial charge in [-0.05, 0) is 25.0 Å². The maximum absolute atomic E-state index is 12.0. The summed E-state index contributed by atoms with van der Waals surface area (Å²) in [6, 6.07) is 7.17. The van der Waals surface area contributed by atoms with Crippen LogP contribution in [0.5, 0.6) is 5.75 Å². The van der Waals surface area contributed by atoms with Crippen LogP contribution in [0, 0.1) is 0 Å². The Balaban J connectivity index is 2.02. The number of rotatable bonds is 5. The first-order valence-corrected chi connectivity index (χ1v) is 6.02. The predicted octanol–water partition coefficient (Wildman–Crippen LogP) is 1.50. The zero-order valence-electron chi connectivity index (χ0n) is 10.1. The van der Waals surface area contributed by atoms with Gasteiger partial charge in [-0.2, -0.15) is 0 Å². The summed E-state index contributed by atoms with van der Waals surface area (Å²) in [5.74, 6) is 0.390. The Labute approximate surface area is 106 Å². The third kappa shape index (κ3) is 2.90. The molecule has 4 nitrogen and oxygen atoms in total. The number of amides is 1. The van der Waals surface area contributed by atoms with Gasteiger partial charge in [-0.25, -0.2) is 0 Å². The number of aliphatic hydroxyl groups excluding tert-OH is 1. The molecule has 0 heterocycles. The van der Waals surface area contributed by atoms with Crippen LogP contribution in [0.3, 0.4) is 0 Å². The monoisotopic (exact) mass is 247 g/mol. The van der Waals surface area contributed by atoms with E-state index in [2.05, 4.69) is 11.9 Å². The number of hydrogen-bond donors (Lipinski definition) is 2. The molecule has 0 saturated heterocycles. The van der Waals surface area contributed by atoms with Crippen molar-refractivity contribution >= 4 is 5.91 Å². The smallest absolute Gasteiger partial charge is 0.255 e. The molecule has 0 atom stereocenters. The van der Waals surface area contributed by atoms with E-state index in [1.54, 1.807) is 24.3 Å². The van der Waals surface area contributed by atoms with Gasteiger partial charge in [-0.3, -0.25) is 4.79 Å². The van der Waals surface area contributed by atoms with Gasteiger partial charge in [0.15, 0.2) is 0 Å². The fourth-order valence-corrected chi connectivity index (χ4v) is 1.90. The lowest BCUT2D eigenvalue weighted by atomic mass is 9.89. The minimum atomic E-state index is -0.275. The van der Waals surface area contributed by atoms with E-state index < -0.39 is 0 Å². The molecule has 0 aromatic heterocycles. The number of ether oxygens (including phenoxy) is 1. The SMILES string of the molecule is C=CCOc1ccccc1C(=O)NC1CC(O)C1. The van der Waals surface area contributed by atoms with Gasteiger partial charge < -0.3 is 15.2 Å². The lowest BCUT2D eigenvalue weighted by Gasteiger charge is -2.32. The van der Waals surface area contributed by atoms with Crippen LogP contribution in [0.1, 0.15) is 23.2 Å². The Bertz CT molecular complexity index is 438. The van der Waals surface area contributed by atoms with Crippen molar-refractivity contribution in [3.8, 4) is 5.75 Å². The third-order valence-corrected chi connectivity index (χ3v) is 2.94. The van der Waals surface area contributed by atoms with Crippen molar-refractivity contribution in [1.29, 1.82) is 0 Å². The van der Waals surface area contributed by atoms with Crippen molar-refractivity contribution in [2.75, 3.05) is 6.61 Å². The summed E-state index contributed by atoms with van der Waals surface area (Å²) < 4.78 is 5.43. The minimum Gasteiger partial charge on any atom is -0.489 e. The van der Waals surface area contributed by atoms with Crippen LogP contribution in [-0.4, -0.2) is 29.8 Å². The quantitative estimate of drug-likeness (QED) is 0.775. The fraction of sp³-hybridized carbons (Fsp3) is 0.357. The Morgan fingerprint density at radius 3 is 2.89 bits per heavy atom. The zero-order chi connectivity index (χ0) is 13.0. The van der Waals surface area contributed by atoms with Gasteiger partial charge in [0.25, 0.3) is 5.91 Å². The van der Waals surface area contributed by atoms with Crippen molar-refractivity contribution in [1.82, 2.24) is 5.32 Å². The summed E-state index contributed by atoms with van der Waals surface area (Å²) in [7, 11) is 0. The molecule has 96 valence electrons. The van der Waals surface area contributed by atoms with Crippen molar-refractivity contribution in [3.05, 3.63) is 42.5 Å². The van der Waals surface area contributed by atoms with Gasteiger partial charge in [0.05, 0.1) is 11.7 Å². The largest absolute Gasteiger partial charge is 0.489 e. The van der Waals surface area contributed by atoms with Crippen molar-refractivity contribution in [2.24, 2.45) is 0 Å². The van der Waals surface area contributed by atoms with Crippen LogP contribution < -0.4 is 10.1 Å². The van der Waals surface area contributed by atoms with Crippen LogP contribution in [0.15, 0.2) is 36.9 Å². The standard InChI is InChI=1S/C14H17NO3/c1-2-7-18-13-6-4-3-5-12(13)14(17)15-10-8-11(16)9-10/h2-6,10-11,16H,1,7-9H2,(H,15,17). The van der Waals surface area contributed by atoms with Crippen LogP contribution >= 0.6 is 0 Å². The Morgan fingerprint density at radius 2 is 2.22 bits per heavy atom. The Hall–Kier alpha value is -1.81. The van der Waals surface area contributed by atoms with E-state index in [4.69, 9.17) is 4.74 Å². The molecule has 4 heteroatoms. The molecular formula is C14H17NO3. The summed E-state index contributed by atoms with van der Waals surface area (Å²) in [4.78, 5) is 12.0. The van der Waals surface area contributed by atoms with Crippen LogP contribution in [-0.2, 0) is 0 Å². The lowest BCUT2D eigenvalue weighted by Crippen LogP contribution is -2.46. The number of hydrogen-bond acceptors (Lipinski definition) is 3. The summed E-state index contributed by atoms with van der Waals surface area (Å²) in [5.41, 5.74) is 0.515. The molecular weight excluding hydrogens is 230 g/mol. The molecule has 1 fully saturated rings. The average molecular weight is 247 g/mol. The van der Waals surface area contributed by atoms with Crippen LogP contribution in [0.2, 0.25) is 0 Å². The second-order valence-corrected chi connectivity index (χ2v) is 4.39. The van der Waals surface area contributed by atoms with Crippen molar-refractivity contribution < 1.29 is 14.6 Å².